The first kappa shape index (κ1) is 14.9. The molecule has 4 nitrogen and oxygen atoms in total. The summed E-state index contributed by atoms with van der Waals surface area (Å²) >= 11 is 0. The summed E-state index contributed by atoms with van der Waals surface area (Å²) < 4.78 is 10.3. The van der Waals surface area contributed by atoms with Crippen LogP contribution in [0.5, 0.6) is 0 Å². The van der Waals surface area contributed by atoms with Gasteiger partial charge in [-0.05, 0) is 46.3 Å². The minimum Gasteiger partial charge on any atom is -0.382 e. The maximum atomic E-state index is 5.43. The molecule has 0 aromatic carbocycles. The standard InChI is InChI=1S/C13H28N2O2/c1-12-11-13(5-7-15(12)2)14-6-4-8-17-10-9-16-3/h12-14H,4-11H2,1-3H3. The number of nitrogens with zero attached hydrogens (tertiary/aromatic N) is 1. The second-order valence-corrected chi connectivity index (χ2v) is 4.96. The van der Waals surface area contributed by atoms with Gasteiger partial charge in [0.25, 0.3) is 0 Å². The van der Waals surface area contributed by atoms with Crippen LogP contribution in [0.3, 0.4) is 0 Å². The van der Waals surface area contributed by atoms with Gasteiger partial charge in [0.1, 0.15) is 0 Å². The van der Waals surface area contributed by atoms with Crippen molar-refractivity contribution in [3.8, 4) is 0 Å². The molecule has 4 heteroatoms. The Kier molecular flexibility index (Phi) is 7.77. The van der Waals surface area contributed by atoms with E-state index in [0.717, 1.165) is 19.6 Å². The highest BCUT2D eigenvalue weighted by molar-refractivity contribution is 4.80. The van der Waals surface area contributed by atoms with Crippen LogP contribution in [0.25, 0.3) is 0 Å². The summed E-state index contributed by atoms with van der Waals surface area (Å²) in [6.45, 7) is 6.82. The average molecular weight is 244 g/mol. The molecule has 0 aliphatic carbocycles. The van der Waals surface area contributed by atoms with Crippen molar-refractivity contribution in [3.63, 3.8) is 0 Å². The number of nitrogens with one attached hydrogen (secondary N) is 1. The first-order valence-corrected chi connectivity index (χ1v) is 6.74. The van der Waals surface area contributed by atoms with Crippen LogP contribution in [0.15, 0.2) is 0 Å². The predicted octanol–water partition coefficient (Wildman–Crippen LogP) is 1.11. The molecule has 102 valence electrons. The SMILES string of the molecule is COCCOCCCNC1CCN(C)C(C)C1. The third-order valence-corrected chi connectivity index (χ3v) is 3.54. The van der Waals surface area contributed by atoms with E-state index in [0.29, 0.717) is 25.3 Å². The molecule has 0 radical (unpaired) electrons. The van der Waals surface area contributed by atoms with E-state index in [1.165, 1.54) is 19.4 Å². The summed E-state index contributed by atoms with van der Waals surface area (Å²) in [5.41, 5.74) is 0. The van der Waals surface area contributed by atoms with Crippen molar-refractivity contribution in [1.29, 1.82) is 0 Å². The largest absolute Gasteiger partial charge is 0.382 e. The van der Waals surface area contributed by atoms with E-state index in [1.807, 2.05) is 0 Å². The van der Waals surface area contributed by atoms with Crippen molar-refractivity contribution >= 4 is 0 Å². The van der Waals surface area contributed by atoms with E-state index >= 15 is 0 Å². The van der Waals surface area contributed by atoms with Crippen LogP contribution in [0.2, 0.25) is 0 Å². The molecule has 1 rings (SSSR count). The van der Waals surface area contributed by atoms with E-state index < -0.39 is 0 Å². The Morgan fingerprint density at radius 2 is 2.12 bits per heavy atom. The predicted molar refractivity (Wildman–Crippen MR) is 70.4 cm³/mol. The fraction of sp³-hybridized carbons (Fsp3) is 1.00. The highest BCUT2D eigenvalue weighted by Gasteiger charge is 2.21. The molecule has 0 bridgehead atoms. The lowest BCUT2D eigenvalue weighted by Crippen LogP contribution is -2.45. The fourth-order valence-electron chi connectivity index (χ4n) is 2.20. The number of piperidine rings is 1. The molecule has 0 spiro atoms. The van der Waals surface area contributed by atoms with E-state index in [4.69, 9.17) is 9.47 Å². The van der Waals surface area contributed by atoms with Crippen LogP contribution >= 0.6 is 0 Å². The summed E-state index contributed by atoms with van der Waals surface area (Å²) in [5.74, 6) is 0. The lowest BCUT2D eigenvalue weighted by molar-refractivity contribution is 0.0687. The number of methoxy groups -OCH3 is 1. The minimum atomic E-state index is 0.694. The van der Waals surface area contributed by atoms with E-state index in [-0.39, 0.29) is 0 Å². The van der Waals surface area contributed by atoms with Crippen molar-refractivity contribution in [1.82, 2.24) is 10.2 Å². The molecule has 17 heavy (non-hydrogen) atoms. The lowest BCUT2D eigenvalue weighted by Gasteiger charge is -2.35. The van der Waals surface area contributed by atoms with Gasteiger partial charge in [-0.2, -0.15) is 0 Å². The summed E-state index contributed by atoms with van der Waals surface area (Å²) in [5, 5.41) is 3.63. The molecule has 1 heterocycles. The average Bonchev–Trinajstić information content (AvgIpc) is 2.32. The zero-order valence-corrected chi connectivity index (χ0v) is 11.6. The number of ether oxygens (including phenoxy) is 2. The number of rotatable bonds is 8. The van der Waals surface area contributed by atoms with Gasteiger partial charge < -0.3 is 19.7 Å². The van der Waals surface area contributed by atoms with Gasteiger partial charge >= 0.3 is 0 Å². The van der Waals surface area contributed by atoms with Crippen molar-refractivity contribution in [2.24, 2.45) is 0 Å². The van der Waals surface area contributed by atoms with Crippen LogP contribution in [-0.4, -0.2) is 64.1 Å². The van der Waals surface area contributed by atoms with Crippen LogP contribution in [0, 0.1) is 0 Å². The Bertz CT molecular complexity index is 190. The third-order valence-electron chi connectivity index (χ3n) is 3.54. The van der Waals surface area contributed by atoms with Gasteiger partial charge in [-0.1, -0.05) is 0 Å². The van der Waals surface area contributed by atoms with Gasteiger partial charge in [-0.3, -0.25) is 0 Å². The Labute approximate surface area is 106 Å². The summed E-state index contributed by atoms with van der Waals surface area (Å²) in [7, 11) is 3.91. The molecular weight excluding hydrogens is 216 g/mol. The molecule has 2 unspecified atom stereocenters. The molecule has 1 aliphatic heterocycles. The molecule has 0 amide bonds. The zero-order chi connectivity index (χ0) is 12.5. The second-order valence-electron chi connectivity index (χ2n) is 4.96. The molecule has 1 saturated heterocycles. The van der Waals surface area contributed by atoms with Gasteiger partial charge in [0.15, 0.2) is 0 Å². The second kappa shape index (κ2) is 8.86. The van der Waals surface area contributed by atoms with E-state index in [2.05, 4.69) is 24.2 Å². The van der Waals surface area contributed by atoms with Gasteiger partial charge in [-0.15, -0.1) is 0 Å². The Hall–Kier alpha value is -0.160. The first-order chi connectivity index (χ1) is 8.24. The molecule has 0 saturated carbocycles. The lowest BCUT2D eigenvalue weighted by atomic mass is 9.99. The molecule has 1 aliphatic rings. The third kappa shape index (κ3) is 6.36. The minimum absolute atomic E-state index is 0.694. The zero-order valence-electron chi connectivity index (χ0n) is 11.6. The normalized spacial score (nSPS) is 26.3. The summed E-state index contributed by atoms with van der Waals surface area (Å²) in [4.78, 5) is 2.44. The molecule has 0 aromatic rings. The van der Waals surface area contributed by atoms with Crippen LogP contribution in [-0.2, 0) is 9.47 Å². The van der Waals surface area contributed by atoms with Crippen molar-refractivity contribution in [2.45, 2.75) is 38.3 Å². The van der Waals surface area contributed by atoms with Crippen LogP contribution in [0.1, 0.15) is 26.2 Å². The molecule has 0 aromatic heterocycles. The number of likely N-dealkylation sites (tertiary alicyclic amines) is 1. The molecular formula is C13H28N2O2. The van der Waals surface area contributed by atoms with Crippen LogP contribution < -0.4 is 5.32 Å². The molecule has 1 N–H and O–H groups in total. The van der Waals surface area contributed by atoms with Gasteiger partial charge in [0.2, 0.25) is 0 Å². The maximum absolute atomic E-state index is 5.43. The Morgan fingerprint density at radius 3 is 2.82 bits per heavy atom. The van der Waals surface area contributed by atoms with Crippen LogP contribution in [0.4, 0.5) is 0 Å². The van der Waals surface area contributed by atoms with Crippen molar-refractivity contribution in [2.75, 3.05) is 47.1 Å². The molecule has 2 atom stereocenters. The highest BCUT2D eigenvalue weighted by Crippen LogP contribution is 2.14. The van der Waals surface area contributed by atoms with Crippen molar-refractivity contribution in [3.05, 3.63) is 0 Å². The highest BCUT2D eigenvalue weighted by atomic mass is 16.5. The molecule has 1 fully saturated rings. The maximum Gasteiger partial charge on any atom is 0.0700 e. The number of hydrogen-bond donors (Lipinski definition) is 1. The summed E-state index contributed by atoms with van der Waals surface area (Å²) in [6, 6.07) is 1.40. The monoisotopic (exact) mass is 244 g/mol. The smallest absolute Gasteiger partial charge is 0.0700 e. The van der Waals surface area contributed by atoms with E-state index in [1.54, 1.807) is 7.11 Å². The Balaban J connectivity index is 1.92. The van der Waals surface area contributed by atoms with Gasteiger partial charge in [-0.25, -0.2) is 0 Å². The van der Waals surface area contributed by atoms with Crippen molar-refractivity contribution < 1.29 is 9.47 Å². The van der Waals surface area contributed by atoms with E-state index in [9.17, 15) is 0 Å². The Morgan fingerprint density at radius 1 is 1.29 bits per heavy atom. The fourth-order valence-corrected chi connectivity index (χ4v) is 2.20. The summed E-state index contributed by atoms with van der Waals surface area (Å²) in [6.07, 6.45) is 3.62. The van der Waals surface area contributed by atoms with Gasteiger partial charge in [0, 0.05) is 25.8 Å². The first-order valence-electron chi connectivity index (χ1n) is 6.74. The quantitative estimate of drug-likeness (QED) is 0.649. The topological polar surface area (TPSA) is 33.7 Å². The van der Waals surface area contributed by atoms with Gasteiger partial charge in [0.05, 0.1) is 13.2 Å². The number of hydrogen-bond acceptors (Lipinski definition) is 4.